The minimum absolute atomic E-state index is 0.00829. The first-order valence-electron chi connectivity index (χ1n) is 10.6. The minimum atomic E-state index is -0.0464. The molecule has 1 amide bonds. The molecule has 1 atom stereocenters. The second kappa shape index (κ2) is 8.26. The lowest BCUT2D eigenvalue weighted by Crippen LogP contribution is -2.30. The molecule has 0 saturated carbocycles. The Morgan fingerprint density at radius 1 is 0.774 bits per heavy atom. The molecular weight excluding hydrogens is 390 g/mol. The Kier molecular flexibility index (Phi) is 5.16. The molecule has 5 nitrogen and oxygen atoms in total. The Bertz CT molecular complexity index is 1110. The molecule has 1 saturated heterocycles. The van der Waals surface area contributed by atoms with E-state index in [9.17, 15) is 9.59 Å². The summed E-state index contributed by atoms with van der Waals surface area (Å²) in [5.41, 5.74) is 2.87. The molecule has 3 aromatic rings. The van der Waals surface area contributed by atoms with Crippen LogP contribution in [0.4, 0.5) is 0 Å². The van der Waals surface area contributed by atoms with E-state index in [1.165, 1.54) is 0 Å². The van der Waals surface area contributed by atoms with Crippen molar-refractivity contribution in [2.45, 2.75) is 18.9 Å². The summed E-state index contributed by atoms with van der Waals surface area (Å²) in [4.78, 5) is 27.8. The van der Waals surface area contributed by atoms with Crippen molar-refractivity contribution >= 4 is 11.7 Å². The van der Waals surface area contributed by atoms with Crippen molar-refractivity contribution < 1.29 is 19.1 Å². The molecule has 31 heavy (non-hydrogen) atoms. The van der Waals surface area contributed by atoms with Gasteiger partial charge in [0.25, 0.3) is 5.91 Å². The fraction of sp³-hybridized carbons (Fsp3) is 0.231. The molecule has 0 aliphatic carbocycles. The molecule has 3 aromatic carbocycles. The fourth-order valence-corrected chi connectivity index (χ4v) is 4.31. The average Bonchev–Trinajstić information content (AvgIpc) is 3.33. The molecule has 156 valence electrons. The third kappa shape index (κ3) is 3.79. The fourth-order valence-electron chi connectivity index (χ4n) is 4.31. The first-order valence-corrected chi connectivity index (χ1v) is 10.6. The number of carbonyl (C=O) groups is 2. The van der Waals surface area contributed by atoms with Crippen LogP contribution >= 0.6 is 0 Å². The van der Waals surface area contributed by atoms with Gasteiger partial charge in [0.05, 0.1) is 6.04 Å². The van der Waals surface area contributed by atoms with Gasteiger partial charge in [-0.1, -0.05) is 48.5 Å². The van der Waals surface area contributed by atoms with E-state index < -0.39 is 0 Å². The number of carbonyl (C=O) groups excluding carboxylic acids is 2. The summed E-state index contributed by atoms with van der Waals surface area (Å²) in [6.45, 7) is 1.81. The van der Waals surface area contributed by atoms with E-state index in [1.807, 2.05) is 41.3 Å². The molecule has 0 N–H and O–H groups in total. The van der Waals surface area contributed by atoms with E-state index in [0.29, 0.717) is 36.4 Å². The van der Waals surface area contributed by atoms with Gasteiger partial charge in [-0.25, -0.2) is 0 Å². The number of likely N-dealkylation sites (tertiary alicyclic amines) is 1. The van der Waals surface area contributed by atoms with Gasteiger partial charge in [-0.05, 0) is 42.7 Å². The second-order valence-electron chi connectivity index (χ2n) is 7.83. The van der Waals surface area contributed by atoms with Gasteiger partial charge < -0.3 is 14.4 Å². The predicted octanol–water partition coefficient (Wildman–Crippen LogP) is 4.67. The molecule has 0 aromatic heterocycles. The van der Waals surface area contributed by atoms with Crippen molar-refractivity contribution in [1.82, 2.24) is 4.90 Å². The number of ether oxygens (including phenoxy) is 2. The number of amides is 1. The van der Waals surface area contributed by atoms with Crippen molar-refractivity contribution in [2.24, 2.45) is 0 Å². The van der Waals surface area contributed by atoms with Crippen LogP contribution in [0.3, 0.4) is 0 Å². The van der Waals surface area contributed by atoms with Crippen molar-refractivity contribution in [3.8, 4) is 11.5 Å². The van der Waals surface area contributed by atoms with Gasteiger partial charge in [0, 0.05) is 23.2 Å². The first kappa shape index (κ1) is 19.4. The second-order valence-corrected chi connectivity index (χ2v) is 7.83. The van der Waals surface area contributed by atoms with Gasteiger partial charge in [-0.3, -0.25) is 9.59 Å². The van der Waals surface area contributed by atoms with Crippen molar-refractivity contribution in [1.29, 1.82) is 0 Å². The van der Waals surface area contributed by atoms with Gasteiger partial charge >= 0.3 is 0 Å². The molecule has 2 heterocycles. The summed E-state index contributed by atoms with van der Waals surface area (Å²) in [6.07, 6.45) is 1.87. The molecule has 5 heteroatoms. The highest BCUT2D eigenvalue weighted by atomic mass is 16.6. The summed E-state index contributed by atoms with van der Waals surface area (Å²) in [5, 5.41) is 0. The molecule has 5 rings (SSSR count). The zero-order valence-corrected chi connectivity index (χ0v) is 17.1. The lowest BCUT2D eigenvalue weighted by molar-refractivity contribution is 0.0734. The Morgan fingerprint density at radius 2 is 1.45 bits per heavy atom. The first-order chi connectivity index (χ1) is 15.2. The van der Waals surface area contributed by atoms with Crippen LogP contribution in [0.2, 0.25) is 0 Å². The molecule has 0 spiro atoms. The van der Waals surface area contributed by atoms with E-state index in [-0.39, 0.29) is 17.7 Å². The lowest BCUT2D eigenvalue weighted by Gasteiger charge is -2.27. The summed E-state index contributed by atoms with van der Waals surface area (Å²) >= 11 is 0. The number of fused-ring (bicyclic) bond motifs is 1. The molecule has 1 fully saturated rings. The Hall–Kier alpha value is -3.60. The van der Waals surface area contributed by atoms with Crippen LogP contribution in [0.1, 0.15) is 50.7 Å². The zero-order valence-electron chi connectivity index (χ0n) is 17.1. The van der Waals surface area contributed by atoms with Crippen LogP contribution in [0.15, 0.2) is 72.8 Å². The smallest absolute Gasteiger partial charge is 0.254 e. The number of hydrogen-bond donors (Lipinski definition) is 0. The maximum atomic E-state index is 13.3. The number of hydrogen-bond acceptors (Lipinski definition) is 4. The van der Waals surface area contributed by atoms with Gasteiger partial charge in [0.15, 0.2) is 17.3 Å². The monoisotopic (exact) mass is 413 g/mol. The van der Waals surface area contributed by atoms with Gasteiger partial charge in [0.1, 0.15) is 13.2 Å². The van der Waals surface area contributed by atoms with Crippen molar-refractivity contribution in [3.05, 3.63) is 95.1 Å². The molecule has 2 aliphatic rings. The highest BCUT2D eigenvalue weighted by Gasteiger charge is 2.31. The van der Waals surface area contributed by atoms with E-state index in [4.69, 9.17) is 9.47 Å². The molecular formula is C26H23NO4. The van der Waals surface area contributed by atoms with E-state index in [0.717, 1.165) is 29.9 Å². The van der Waals surface area contributed by atoms with Crippen LogP contribution in [0.5, 0.6) is 11.5 Å². The van der Waals surface area contributed by atoms with Crippen LogP contribution in [0, 0.1) is 0 Å². The Labute approximate surface area is 181 Å². The number of benzene rings is 3. The predicted molar refractivity (Wildman–Crippen MR) is 117 cm³/mol. The standard InChI is InChI=1S/C26H23NO4/c28-25(18-5-2-1-3-6-18)19-8-10-20(11-9-19)26(29)27-14-4-7-22(27)21-12-13-23-24(17-21)31-16-15-30-23/h1-3,5-6,8-13,17,22H,4,7,14-16H2. The van der Waals surface area contributed by atoms with Crippen LogP contribution in [0.25, 0.3) is 0 Å². The average molecular weight is 413 g/mol. The Balaban J connectivity index is 1.35. The molecule has 0 bridgehead atoms. The molecule has 0 radical (unpaired) electrons. The van der Waals surface area contributed by atoms with E-state index >= 15 is 0 Å². The lowest BCUT2D eigenvalue weighted by atomic mass is 10.0. The topological polar surface area (TPSA) is 55.8 Å². The largest absolute Gasteiger partial charge is 0.486 e. The third-order valence-electron chi connectivity index (χ3n) is 5.89. The van der Waals surface area contributed by atoms with Gasteiger partial charge in [-0.15, -0.1) is 0 Å². The quantitative estimate of drug-likeness (QED) is 0.584. The molecule has 2 aliphatic heterocycles. The van der Waals surface area contributed by atoms with E-state index in [1.54, 1.807) is 36.4 Å². The number of nitrogens with zero attached hydrogens (tertiary/aromatic N) is 1. The number of ketones is 1. The Morgan fingerprint density at radius 3 is 2.23 bits per heavy atom. The van der Waals surface area contributed by atoms with Crippen LogP contribution < -0.4 is 9.47 Å². The van der Waals surface area contributed by atoms with Crippen LogP contribution in [-0.4, -0.2) is 36.3 Å². The van der Waals surface area contributed by atoms with Crippen LogP contribution in [-0.2, 0) is 0 Å². The van der Waals surface area contributed by atoms with Crippen molar-refractivity contribution in [2.75, 3.05) is 19.8 Å². The summed E-state index contributed by atoms with van der Waals surface area (Å²) in [5.74, 6) is 1.43. The normalized spacial score (nSPS) is 17.4. The highest BCUT2D eigenvalue weighted by Crippen LogP contribution is 2.38. The highest BCUT2D eigenvalue weighted by molar-refractivity contribution is 6.09. The van der Waals surface area contributed by atoms with Gasteiger partial charge in [0.2, 0.25) is 0 Å². The van der Waals surface area contributed by atoms with Gasteiger partial charge in [-0.2, -0.15) is 0 Å². The minimum Gasteiger partial charge on any atom is -0.486 e. The summed E-state index contributed by atoms with van der Waals surface area (Å²) < 4.78 is 11.3. The zero-order chi connectivity index (χ0) is 21.2. The van der Waals surface area contributed by atoms with E-state index in [2.05, 4.69) is 0 Å². The number of rotatable bonds is 4. The summed E-state index contributed by atoms with van der Waals surface area (Å²) in [7, 11) is 0. The third-order valence-corrected chi connectivity index (χ3v) is 5.89. The maximum absolute atomic E-state index is 13.3. The maximum Gasteiger partial charge on any atom is 0.254 e. The molecule has 1 unspecified atom stereocenters. The SMILES string of the molecule is O=C(c1ccccc1)c1ccc(C(=O)N2CCCC2c2ccc3c(c2)OCCO3)cc1. The summed E-state index contributed by atoms with van der Waals surface area (Å²) in [6, 6.07) is 22.1. The van der Waals surface area contributed by atoms with Crippen molar-refractivity contribution in [3.63, 3.8) is 0 Å².